The molecule has 6 heteroatoms. The van der Waals surface area contributed by atoms with Gasteiger partial charge >= 0.3 is 0 Å². The van der Waals surface area contributed by atoms with Crippen LogP contribution in [0.25, 0.3) is 0 Å². The molecule has 23 heavy (non-hydrogen) atoms. The molecule has 0 spiro atoms. The summed E-state index contributed by atoms with van der Waals surface area (Å²) < 4.78 is 0. The van der Waals surface area contributed by atoms with Gasteiger partial charge in [-0.05, 0) is 36.6 Å². The number of aryl methyl sites for hydroxylation is 1. The Kier molecular flexibility index (Phi) is 5.41. The van der Waals surface area contributed by atoms with E-state index in [2.05, 4.69) is 4.98 Å². The number of hydrogen-bond acceptors (Lipinski definition) is 4. The van der Waals surface area contributed by atoms with Gasteiger partial charge in [0.15, 0.2) is 0 Å². The molecule has 0 saturated heterocycles. The monoisotopic (exact) mass is 313 g/mol. The minimum Gasteiger partial charge on any atom is -0.339 e. The predicted octanol–water partition coefficient (Wildman–Crippen LogP) is 3.14. The molecular formula is C17H19N3O3. The second kappa shape index (κ2) is 7.49. The minimum atomic E-state index is -0.429. The summed E-state index contributed by atoms with van der Waals surface area (Å²) in [5.41, 5.74) is 1.84. The quantitative estimate of drug-likeness (QED) is 0.606. The van der Waals surface area contributed by atoms with E-state index in [9.17, 15) is 14.9 Å². The first-order valence-corrected chi connectivity index (χ1v) is 7.38. The first-order valence-electron chi connectivity index (χ1n) is 7.38. The zero-order valence-corrected chi connectivity index (χ0v) is 13.2. The van der Waals surface area contributed by atoms with Crippen LogP contribution in [0.3, 0.4) is 0 Å². The second-order valence-corrected chi connectivity index (χ2v) is 5.39. The third-order valence-electron chi connectivity index (χ3n) is 3.91. The number of benzene rings is 1. The molecule has 0 fully saturated rings. The van der Waals surface area contributed by atoms with E-state index in [0.29, 0.717) is 12.8 Å². The van der Waals surface area contributed by atoms with Crippen molar-refractivity contribution in [3.63, 3.8) is 0 Å². The van der Waals surface area contributed by atoms with E-state index in [-0.39, 0.29) is 17.6 Å². The number of non-ortho nitro benzene ring substituents is 1. The average Bonchev–Trinajstić information content (AvgIpc) is 2.59. The largest absolute Gasteiger partial charge is 0.339 e. The molecule has 2 aromatic rings. The van der Waals surface area contributed by atoms with Gasteiger partial charge in [-0.1, -0.05) is 12.1 Å². The molecular weight excluding hydrogens is 294 g/mol. The van der Waals surface area contributed by atoms with Gasteiger partial charge in [0, 0.05) is 38.0 Å². The molecule has 1 amide bonds. The number of nitro groups is 1. The first-order chi connectivity index (χ1) is 11.0. The Morgan fingerprint density at radius 3 is 2.65 bits per heavy atom. The molecule has 120 valence electrons. The van der Waals surface area contributed by atoms with Crippen LogP contribution in [0, 0.1) is 10.1 Å². The molecule has 0 aliphatic rings. The van der Waals surface area contributed by atoms with Crippen LogP contribution in [0.1, 0.15) is 30.5 Å². The van der Waals surface area contributed by atoms with Crippen LogP contribution in [0.5, 0.6) is 0 Å². The van der Waals surface area contributed by atoms with Gasteiger partial charge in [-0.2, -0.15) is 0 Å². The van der Waals surface area contributed by atoms with E-state index >= 15 is 0 Å². The highest BCUT2D eigenvalue weighted by Gasteiger charge is 2.19. The summed E-state index contributed by atoms with van der Waals surface area (Å²) in [6.45, 7) is 1.86. The molecule has 1 aromatic carbocycles. The third-order valence-corrected chi connectivity index (χ3v) is 3.91. The van der Waals surface area contributed by atoms with Gasteiger partial charge in [-0.25, -0.2) is 0 Å². The molecule has 1 aromatic heterocycles. The normalized spacial score (nSPS) is 11.7. The highest BCUT2D eigenvalue weighted by molar-refractivity contribution is 5.76. The van der Waals surface area contributed by atoms with Crippen LogP contribution in [0.2, 0.25) is 0 Å². The van der Waals surface area contributed by atoms with Crippen molar-refractivity contribution in [1.29, 1.82) is 0 Å². The molecule has 0 unspecified atom stereocenters. The van der Waals surface area contributed by atoms with Gasteiger partial charge in [-0.3, -0.25) is 19.9 Å². The smallest absolute Gasteiger partial charge is 0.269 e. The van der Waals surface area contributed by atoms with Crippen LogP contribution in [-0.2, 0) is 11.2 Å². The Bertz CT molecular complexity index is 688. The summed E-state index contributed by atoms with van der Waals surface area (Å²) in [7, 11) is 1.72. The van der Waals surface area contributed by atoms with Crippen LogP contribution < -0.4 is 0 Å². The van der Waals surface area contributed by atoms with Crippen LogP contribution in [-0.4, -0.2) is 27.8 Å². The Morgan fingerprint density at radius 1 is 1.30 bits per heavy atom. The molecule has 0 N–H and O–H groups in total. The topological polar surface area (TPSA) is 76.3 Å². The number of rotatable bonds is 6. The predicted molar refractivity (Wildman–Crippen MR) is 86.8 cm³/mol. The molecule has 1 heterocycles. The lowest BCUT2D eigenvalue weighted by Crippen LogP contribution is -2.29. The number of nitrogens with zero attached hydrogens (tertiary/aromatic N) is 3. The van der Waals surface area contributed by atoms with E-state index < -0.39 is 4.92 Å². The maximum atomic E-state index is 12.3. The molecule has 0 saturated carbocycles. The lowest BCUT2D eigenvalue weighted by molar-refractivity contribution is -0.384. The summed E-state index contributed by atoms with van der Waals surface area (Å²) in [5, 5.41) is 10.9. The Balaban J connectivity index is 2.01. The van der Waals surface area contributed by atoms with Crippen molar-refractivity contribution >= 4 is 11.6 Å². The van der Waals surface area contributed by atoms with Crippen molar-refractivity contribution in [3.8, 4) is 0 Å². The summed E-state index contributed by atoms with van der Waals surface area (Å²) in [5.74, 6) is 0.000758. The van der Waals surface area contributed by atoms with Crippen molar-refractivity contribution in [2.75, 3.05) is 7.05 Å². The van der Waals surface area contributed by atoms with Crippen molar-refractivity contribution in [3.05, 3.63) is 70.0 Å². The zero-order chi connectivity index (χ0) is 16.8. The molecule has 0 bridgehead atoms. The number of pyridine rings is 1. The van der Waals surface area contributed by atoms with Crippen LogP contribution >= 0.6 is 0 Å². The number of hydrogen-bond donors (Lipinski definition) is 0. The molecule has 1 atom stereocenters. The number of nitro benzene ring substituents is 1. The van der Waals surface area contributed by atoms with E-state index in [0.717, 1.165) is 11.1 Å². The Morgan fingerprint density at radius 2 is 2.00 bits per heavy atom. The third kappa shape index (κ3) is 4.35. The number of aromatic nitrogens is 1. The van der Waals surface area contributed by atoms with Gasteiger partial charge in [0.05, 0.1) is 11.0 Å². The fourth-order valence-electron chi connectivity index (χ4n) is 2.31. The maximum Gasteiger partial charge on any atom is 0.269 e. The van der Waals surface area contributed by atoms with Gasteiger partial charge < -0.3 is 4.90 Å². The van der Waals surface area contributed by atoms with E-state index in [1.54, 1.807) is 36.5 Å². The minimum absolute atomic E-state index is 0.000758. The lowest BCUT2D eigenvalue weighted by Gasteiger charge is -2.25. The van der Waals surface area contributed by atoms with Crippen LogP contribution in [0.15, 0.2) is 48.8 Å². The second-order valence-electron chi connectivity index (χ2n) is 5.39. The fourth-order valence-corrected chi connectivity index (χ4v) is 2.31. The van der Waals surface area contributed by atoms with E-state index in [4.69, 9.17) is 0 Å². The summed E-state index contributed by atoms with van der Waals surface area (Å²) in [4.78, 5) is 28.3. The Labute approximate surface area is 134 Å². The van der Waals surface area contributed by atoms with Crippen molar-refractivity contribution in [1.82, 2.24) is 9.88 Å². The molecule has 6 nitrogen and oxygen atoms in total. The average molecular weight is 313 g/mol. The van der Waals surface area contributed by atoms with Crippen molar-refractivity contribution in [2.24, 2.45) is 0 Å². The van der Waals surface area contributed by atoms with Gasteiger partial charge in [-0.15, -0.1) is 0 Å². The summed E-state index contributed by atoms with van der Waals surface area (Å²) in [6, 6.07) is 9.94. The molecule has 0 aliphatic heterocycles. The van der Waals surface area contributed by atoms with Crippen molar-refractivity contribution < 1.29 is 9.72 Å². The first kappa shape index (κ1) is 16.6. The van der Waals surface area contributed by atoms with Crippen molar-refractivity contribution in [2.45, 2.75) is 25.8 Å². The van der Waals surface area contributed by atoms with Gasteiger partial charge in [0.1, 0.15) is 0 Å². The van der Waals surface area contributed by atoms with E-state index in [1.807, 2.05) is 19.1 Å². The van der Waals surface area contributed by atoms with Gasteiger partial charge in [0.25, 0.3) is 5.69 Å². The highest BCUT2D eigenvalue weighted by atomic mass is 16.6. The number of carbonyl (C=O) groups is 1. The molecule has 0 aliphatic carbocycles. The molecule has 0 radical (unpaired) electrons. The summed E-state index contributed by atoms with van der Waals surface area (Å²) in [6.07, 6.45) is 4.44. The van der Waals surface area contributed by atoms with E-state index in [1.165, 1.54) is 12.1 Å². The number of carbonyl (C=O) groups excluding carboxylic acids is 1. The highest BCUT2D eigenvalue weighted by Crippen LogP contribution is 2.23. The fraction of sp³-hybridized carbons (Fsp3) is 0.294. The van der Waals surface area contributed by atoms with Gasteiger partial charge in [0.2, 0.25) is 5.91 Å². The number of amides is 1. The SMILES string of the molecule is C[C@@H](c1cccc([N+](=O)[O-])c1)N(C)C(=O)CCc1ccncc1. The standard InChI is InChI=1S/C17H19N3O3/c1-13(15-4-3-5-16(12-15)20(22)23)19(2)17(21)7-6-14-8-10-18-11-9-14/h3-5,8-13H,6-7H2,1-2H3/t13-/m0/s1. The maximum absolute atomic E-state index is 12.3. The Hall–Kier alpha value is -2.76. The van der Waals surface area contributed by atoms with Crippen LogP contribution in [0.4, 0.5) is 5.69 Å². The molecule has 2 rings (SSSR count). The zero-order valence-electron chi connectivity index (χ0n) is 13.2. The summed E-state index contributed by atoms with van der Waals surface area (Å²) >= 11 is 0. The lowest BCUT2D eigenvalue weighted by atomic mass is 10.1.